The van der Waals surface area contributed by atoms with E-state index >= 15 is 0 Å². The smallest absolute Gasteiger partial charge is 0.130 e. The first kappa shape index (κ1) is 9.04. The molecule has 0 aliphatic heterocycles. The van der Waals surface area contributed by atoms with Gasteiger partial charge in [-0.25, -0.2) is 8.78 Å². The molecule has 0 heterocycles. The molecule has 0 amide bonds. The lowest BCUT2D eigenvalue weighted by Crippen LogP contribution is -2.04. The molecule has 0 fully saturated rings. The minimum Gasteiger partial charge on any atom is -0.326 e. The van der Waals surface area contributed by atoms with Gasteiger partial charge in [0, 0.05) is 12.1 Å². The standard InChI is InChI=1S/C7H9F2N/c1-3-7(9)6(4-10)5(2)8/h3H,1-2,4,10H2/b7-6+. The van der Waals surface area contributed by atoms with Gasteiger partial charge in [0.2, 0.25) is 0 Å². The maximum Gasteiger partial charge on any atom is 0.130 e. The Morgan fingerprint density at radius 3 is 2.10 bits per heavy atom. The third-order valence-electron chi connectivity index (χ3n) is 0.999. The van der Waals surface area contributed by atoms with E-state index in [2.05, 4.69) is 13.2 Å². The number of hydrogen-bond acceptors (Lipinski definition) is 1. The molecule has 0 saturated heterocycles. The second kappa shape index (κ2) is 3.95. The lowest BCUT2D eigenvalue weighted by Gasteiger charge is -1.98. The third-order valence-corrected chi connectivity index (χ3v) is 0.999. The SMILES string of the molecule is C=C/C(F)=C(/CN)C(=C)F. The van der Waals surface area contributed by atoms with Crippen LogP contribution in [0.4, 0.5) is 8.78 Å². The van der Waals surface area contributed by atoms with Gasteiger partial charge in [-0.2, -0.15) is 0 Å². The van der Waals surface area contributed by atoms with Gasteiger partial charge in [-0.1, -0.05) is 13.2 Å². The monoisotopic (exact) mass is 145 g/mol. The van der Waals surface area contributed by atoms with Gasteiger partial charge in [0.15, 0.2) is 0 Å². The molecule has 0 saturated carbocycles. The van der Waals surface area contributed by atoms with Crippen molar-refractivity contribution in [2.45, 2.75) is 0 Å². The molecule has 0 aromatic heterocycles. The van der Waals surface area contributed by atoms with E-state index in [1.807, 2.05) is 0 Å². The summed E-state index contributed by atoms with van der Waals surface area (Å²) in [6, 6.07) is 0. The van der Waals surface area contributed by atoms with E-state index in [0.29, 0.717) is 0 Å². The summed E-state index contributed by atoms with van der Waals surface area (Å²) in [4.78, 5) is 0. The largest absolute Gasteiger partial charge is 0.326 e. The Kier molecular flexibility index (Phi) is 3.57. The fourth-order valence-corrected chi connectivity index (χ4v) is 0.461. The molecule has 0 rings (SSSR count). The molecular formula is C7H9F2N. The van der Waals surface area contributed by atoms with Gasteiger partial charge in [-0.3, -0.25) is 0 Å². The van der Waals surface area contributed by atoms with Crippen LogP contribution >= 0.6 is 0 Å². The summed E-state index contributed by atoms with van der Waals surface area (Å²) in [5.41, 5.74) is 4.78. The average molecular weight is 145 g/mol. The zero-order valence-electron chi connectivity index (χ0n) is 5.53. The van der Waals surface area contributed by atoms with Crippen molar-refractivity contribution in [2.75, 3.05) is 6.54 Å². The topological polar surface area (TPSA) is 26.0 Å². The van der Waals surface area contributed by atoms with Crippen LogP contribution in [0.25, 0.3) is 0 Å². The highest BCUT2D eigenvalue weighted by molar-refractivity contribution is 5.31. The lowest BCUT2D eigenvalue weighted by atomic mass is 10.2. The Bertz CT molecular complexity index is 182. The fraction of sp³-hybridized carbons (Fsp3) is 0.143. The molecule has 0 radical (unpaired) electrons. The van der Waals surface area contributed by atoms with Crippen molar-refractivity contribution in [1.29, 1.82) is 0 Å². The van der Waals surface area contributed by atoms with E-state index < -0.39 is 11.7 Å². The summed E-state index contributed by atoms with van der Waals surface area (Å²) in [6.45, 7) is 5.82. The summed E-state index contributed by atoms with van der Waals surface area (Å²) in [5.74, 6) is -1.60. The zero-order chi connectivity index (χ0) is 8.15. The second-order valence-corrected chi connectivity index (χ2v) is 1.64. The highest BCUT2D eigenvalue weighted by Gasteiger charge is 2.04. The highest BCUT2D eigenvalue weighted by atomic mass is 19.1. The van der Waals surface area contributed by atoms with Gasteiger partial charge < -0.3 is 5.73 Å². The first-order valence-corrected chi connectivity index (χ1v) is 2.69. The number of halogens is 2. The average Bonchev–Trinajstić information content (AvgIpc) is 1.88. The first-order chi connectivity index (χ1) is 4.63. The van der Waals surface area contributed by atoms with E-state index in [1.165, 1.54) is 0 Å². The number of hydrogen-bond donors (Lipinski definition) is 1. The van der Waals surface area contributed by atoms with Crippen LogP contribution in [0.5, 0.6) is 0 Å². The number of allylic oxidation sites excluding steroid dienone is 2. The minimum absolute atomic E-state index is 0.201. The third kappa shape index (κ3) is 2.11. The molecule has 0 bridgehead atoms. The molecule has 0 unspecified atom stereocenters. The van der Waals surface area contributed by atoms with Gasteiger partial charge >= 0.3 is 0 Å². The summed E-state index contributed by atoms with van der Waals surface area (Å²) in [5, 5.41) is 0. The predicted molar refractivity (Wildman–Crippen MR) is 37.6 cm³/mol. The molecule has 2 N–H and O–H groups in total. The fourth-order valence-electron chi connectivity index (χ4n) is 0.461. The maximum absolute atomic E-state index is 12.4. The van der Waals surface area contributed by atoms with Gasteiger partial charge in [0.25, 0.3) is 0 Å². The number of rotatable bonds is 3. The Labute approximate surface area is 58.5 Å². The van der Waals surface area contributed by atoms with Gasteiger partial charge in [0.1, 0.15) is 11.7 Å². The Balaban J connectivity index is 4.62. The highest BCUT2D eigenvalue weighted by Crippen LogP contribution is 2.14. The first-order valence-electron chi connectivity index (χ1n) is 2.69. The molecule has 0 aliphatic carbocycles. The van der Waals surface area contributed by atoms with E-state index in [4.69, 9.17) is 5.73 Å². The van der Waals surface area contributed by atoms with Crippen LogP contribution in [0.1, 0.15) is 0 Å². The van der Waals surface area contributed by atoms with Crippen molar-refractivity contribution in [1.82, 2.24) is 0 Å². The van der Waals surface area contributed by atoms with E-state index in [9.17, 15) is 8.78 Å². The normalized spacial score (nSPS) is 12.3. The lowest BCUT2D eigenvalue weighted by molar-refractivity contribution is 0.607. The van der Waals surface area contributed by atoms with Gasteiger partial charge in [-0.05, 0) is 6.08 Å². The van der Waals surface area contributed by atoms with E-state index in [-0.39, 0.29) is 12.1 Å². The van der Waals surface area contributed by atoms with Crippen molar-refractivity contribution in [3.8, 4) is 0 Å². The molecule has 0 atom stereocenters. The Morgan fingerprint density at radius 1 is 1.50 bits per heavy atom. The zero-order valence-corrected chi connectivity index (χ0v) is 5.53. The Morgan fingerprint density at radius 2 is 2.00 bits per heavy atom. The molecule has 1 nitrogen and oxygen atoms in total. The van der Waals surface area contributed by atoms with E-state index in [0.717, 1.165) is 6.08 Å². The van der Waals surface area contributed by atoms with Crippen LogP contribution in [0.2, 0.25) is 0 Å². The van der Waals surface area contributed by atoms with Crippen LogP contribution in [0.3, 0.4) is 0 Å². The van der Waals surface area contributed by atoms with Gasteiger partial charge in [0.05, 0.1) is 0 Å². The van der Waals surface area contributed by atoms with Crippen LogP contribution < -0.4 is 5.73 Å². The summed E-state index contributed by atoms with van der Waals surface area (Å²) in [7, 11) is 0. The molecule has 0 aromatic carbocycles. The van der Waals surface area contributed by atoms with Crippen LogP contribution in [0.15, 0.2) is 36.5 Å². The van der Waals surface area contributed by atoms with Crippen molar-refractivity contribution in [3.05, 3.63) is 36.5 Å². The summed E-state index contributed by atoms with van der Waals surface area (Å²) in [6.07, 6.45) is 0.896. The molecular weight excluding hydrogens is 136 g/mol. The Hall–Kier alpha value is -0.960. The van der Waals surface area contributed by atoms with Gasteiger partial charge in [-0.15, -0.1) is 0 Å². The molecule has 56 valence electrons. The second-order valence-electron chi connectivity index (χ2n) is 1.64. The van der Waals surface area contributed by atoms with E-state index in [1.54, 1.807) is 0 Å². The summed E-state index contributed by atoms with van der Waals surface area (Å²) >= 11 is 0. The van der Waals surface area contributed by atoms with Crippen LogP contribution in [-0.4, -0.2) is 6.54 Å². The maximum atomic E-state index is 12.4. The molecule has 10 heavy (non-hydrogen) atoms. The minimum atomic E-state index is -0.847. The molecule has 0 aliphatic rings. The molecule has 3 heteroatoms. The van der Waals surface area contributed by atoms with Crippen LogP contribution in [0, 0.1) is 0 Å². The quantitative estimate of drug-likeness (QED) is 0.602. The summed E-state index contributed by atoms with van der Waals surface area (Å²) < 4.78 is 24.6. The van der Waals surface area contributed by atoms with Crippen LogP contribution in [-0.2, 0) is 0 Å². The van der Waals surface area contributed by atoms with Crippen molar-refractivity contribution in [2.24, 2.45) is 5.73 Å². The predicted octanol–water partition coefficient (Wildman–Crippen LogP) is 1.84. The van der Waals surface area contributed by atoms with Crippen molar-refractivity contribution >= 4 is 0 Å². The molecule has 0 aromatic rings. The van der Waals surface area contributed by atoms with Crippen molar-refractivity contribution < 1.29 is 8.78 Å². The van der Waals surface area contributed by atoms with Crippen molar-refractivity contribution in [3.63, 3.8) is 0 Å². The number of nitrogens with two attached hydrogens (primary N) is 1. The molecule has 0 spiro atoms.